The smallest absolute Gasteiger partial charge is 0.221 e. The second-order valence-corrected chi connectivity index (χ2v) is 4.71. The van der Waals surface area contributed by atoms with Gasteiger partial charge in [-0.05, 0) is 25.7 Å². The molecule has 1 heterocycles. The van der Waals surface area contributed by atoms with Crippen LogP contribution in [-0.4, -0.2) is 24.5 Å². The van der Waals surface area contributed by atoms with Gasteiger partial charge < -0.3 is 10.6 Å². The van der Waals surface area contributed by atoms with E-state index in [1.807, 2.05) is 0 Å². The maximum absolute atomic E-state index is 11.0. The normalized spacial score (nSPS) is 30.6. The first-order valence-corrected chi connectivity index (χ1v) is 5.78. The number of rotatable bonds is 3. The molecule has 0 aromatic heterocycles. The van der Waals surface area contributed by atoms with Gasteiger partial charge in [0.15, 0.2) is 0 Å². The van der Waals surface area contributed by atoms with Gasteiger partial charge in [0.25, 0.3) is 0 Å². The van der Waals surface area contributed by atoms with Crippen molar-refractivity contribution in [3.05, 3.63) is 0 Å². The zero-order valence-electron chi connectivity index (χ0n) is 8.88. The average Bonchev–Trinajstić information content (AvgIpc) is 2.75. The number of nitrogens with one attached hydrogen (secondary N) is 2. The molecule has 1 amide bonds. The van der Waals surface area contributed by atoms with Gasteiger partial charge in [-0.3, -0.25) is 4.79 Å². The SMILES string of the molecule is CC(NC1CNC(=O)C1)C1CCCC1. The third-order valence-electron chi connectivity index (χ3n) is 3.58. The van der Waals surface area contributed by atoms with E-state index in [0.717, 1.165) is 12.5 Å². The number of hydrogen-bond acceptors (Lipinski definition) is 2. The van der Waals surface area contributed by atoms with Crippen LogP contribution >= 0.6 is 0 Å². The number of amides is 1. The Balaban J connectivity index is 1.76. The van der Waals surface area contributed by atoms with E-state index < -0.39 is 0 Å². The first-order valence-electron chi connectivity index (χ1n) is 5.78. The highest BCUT2D eigenvalue weighted by Crippen LogP contribution is 2.27. The summed E-state index contributed by atoms with van der Waals surface area (Å²) in [6.45, 7) is 3.08. The van der Waals surface area contributed by atoms with Crippen LogP contribution in [0.2, 0.25) is 0 Å². The summed E-state index contributed by atoms with van der Waals surface area (Å²) in [5.74, 6) is 1.03. The highest BCUT2D eigenvalue weighted by molar-refractivity contribution is 5.78. The van der Waals surface area contributed by atoms with Crippen LogP contribution in [0.4, 0.5) is 0 Å². The van der Waals surface area contributed by atoms with Gasteiger partial charge in [0.1, 0.15) is 0 Å². The van der Waals surface area contributed by atoms with Gasteiger partial charge in [-0.25, -0.2) is 0 Å². The van der Waals surface area contributed by atoms with Crippen molar-refractivity contribution in [2.24, 2.45) is 5.92 Å². The first kappa shape index (κ1) is 9.97. The number of hydrogen-bond donors (Lipinski definition) is 2. The fraction of sp³-hybridized carbons (Fsp3) is 0.909. The molecule has 3 heteroatoms. The molecule has 3 nitrogen and oxygen atoms in total. The quantitative estimate of drug-likeness (QED) is 0.708. The van der Waals surface area contributed by atoms with E-state index in [1.54, 1.807) is 0 Å². The maximum Gasteiger partial charge on any atom is 0.221 e. The molecule has 0 aromatic rings. The lowest BCUT2D eigenvalue weighted by atomic mass is 9.99. The van der Waals surface area contributed by atoms with Crippen LogP contribution in [0.15, 0.2) is 0 Å². The minimum atomic E-state index is 0.195. The van der Waals surface area contributed by atoms with Gasteiger partial charge in [0, 0.05) is 25.0 Å². The molecule has 1 aliphatic carbocycles. The van der Waals surface area contributed by atoms with Crippen LogP contribution in [0, 0.1) is 5.92 Å². The summed E-state index contributed by atoms with van der Waals surface area (Å²) < 4.78 is 0. The molecule has 0 radical (unpaired) electrons. The van der Waals surface area contributed by atoms with E-state index in [9.17, 15) is 4.79 Å². The minimum Gasteiger partial charge on any atom is -0.354 e. The largest absolute Gasteiger partial charge is 0.354 e. The number of carbonyl (C=O) groups is 1. The molecule has 14 heavy (non-hydrogen) atoms. The van der Waals surface area contributed by atoms with Gasteiger partial charge in [-0.15, -0.1) is 0 Å². The molecular weight excluding hydrogens is 176 g/mol. The van der Waals surface area contributed by atoms with Crippen molar-refractivity contribution >= 4 is 5.91 Å². The first-order chi connectivity index (χ1) is 6.75. The Labute approximate surface area is 85.6 Å². The molecule has 1 aliphatic heterocycles. The molecule has 2 atom stereocenters. The lowest BCUT2D eigenvalue weighted by molar-refractivity contribution is -0.119. The average molecular weight is 196 g/mol. The summed E-state index contributed by atoms with van der Waals surface area (Å²) in [6, 6.07) is 0.952. The second-order valence-electron chi connectivity index (χ2n) is 4.71. The zero-order valence-corrected chi connectivity index (χ0v) is 8.88. The predicted molar refractivity (Wildman–Crippen MR) is 56.0 cm³/mol. The molecule has 1 saturated carbocycles. The molecule has 0 bridgehead atoms. The number of carbonyl (C=O) groups excluding carboxylic acids is 1. The molecule has 0 spiro atoms. The maximum atomic E-state index is 11.0. The van der Waals surface area contributed by atoms with Crippen molar-refractivity contribution in [1.82, 2.24) is 10.6 Å². The fourth-order valence-corrected chi connectivity index (χ4v) is 2.69. The van der Waals surface area contributed by atoms with Gasteiger partial charge in [-0.1, -0.05) is 12.8 Å². The zero-order chi connectivity index (χ0) is 9.97. The van der Waals surface area contributed by atoms with E-state index >= 15 is 0 Å². The van der Waals surface area contributed by atoms with E-state index in [0.29, 0.717) is 18.5 Å². The molecule has 2 N–H and O–H groups in total. The Morgan fingerprint density at radius 1 is 1.43 bits per heavy atom. The van der Waals surface area contributed by atoms with Crippen LogP contribution in [0.25, 0.3) is 0 Å². The van der Waals surface area contributed by atoms with Crippen molar-refractivity contribution in [1.29, 1.82) is 0 Å². The Morgan fingerprint density at radius 3 is 2.71 bits per heavy atom. The van der Waals surface area contributed by atoms with Crippen LogP contribution in [-0.2, 0) is 4.79 Å². The van der Waals surface area contributed by atoms with Crippen molar-refractivity contribution in [2.75, 3.05) is 6.54 Å². The lowest BCUT2D eigenvalue weighted by Crippen LogP contribution is -2.41. The summed E-state index contributed by atoms with van der Waals surface area (Å²) in [5.41, 5.74) is 0. The highest BCUT2D eigenvalue weighted by atomic mass is 16.1. The summed E-state index contributed by atoms with van der Waals surface area (Å²) in [6.07, 6.45) is 6.17. The molecule has 1 saturated heterocycles. The third-order valence-corrected chi connectivity index (χ3v) is 3.58. The predicted octanol–water partition coefficient (Wildman–Crippen LogP) is 1.04. The van der Waals surface area contributed by atoms with Crippen LogP contribution in [0.1, 0.15) is 39.0 Å². The van der Waals surface area contributed by atoms with Crippen molar-refractivity contribution in [3.8, 4) is 0 Å². The summed E-state index contributed by atoms with van der Waals surface area (Å²) in [5, 5.41) is 6.43. The van der Waals surface area contributed by atoms with Crippen LogP contribution < -0.4 is 10.6 Å². The molecular formula is C11H20N2O. The van der Waals surface area contributed by atoms with Gasteiger partial charge >= 0.3 is 0 Å². The van der Waals surface area contributed by atoms with E-state index in [4.69, 9.17) is 0 Å². The van der Waals surface area contributed by atoms with Gasteiger partial charge in [0.2, 0.25) is 5.91 Å². The van der Waals surface area contributed by atoms with Crippen molar-refractivity contribution < 1.29 is 4.79 Å². The van der Waals surface area contributed by atoms with Crippen LogP contribution in [0.3, 0.4) is 0 Å². The Hall–Kier alpha value is -0.570. The monoisotopic (exact) mass is 196 g/mol. The molecule has 2 aliphatic rings. The van der Waals surface area contributed by atoms with Gasteiger partial charge in [0.05, 0.1) is 0 Å². The van der Waals surface area contributed by atoms with E-state index in [-0.39, 0.29) is 5.91 Å². The fourth-order valence-electron chi connectivity index (χ4n) is 2.69. The second kappa shape index (κ2) is 4.30. The van der Waals surface area contributed by atoms with Gasteiger partial charge in [-0.2, -0.15) is 0 Å². The Kier molecular flexibility index (Phi) is 3.06. The lowest BCUT2D eigenvalue weighted by Gasteiger charge is -2.23. The summed E-state index contributed by atoms with van der Waals surface area (Å²) in [7, 11) is 0. The van der Waals surface area contributed by atoms with Crippen LogP contribution in [0.5, 0.6) is 0 Å². The minimum absolute atomic E-state index is 0.195. The van der Waals surface area contributed by atoms with E-state index in [2.05, 4.69) is 17.6 Å². The van der Waals surface area contributed by atoms with E-state index in [1.165, 1.54) is 25.7 Å². The third kappa shape index (κ3) is 2.27. The van der Waals surface area contributed by atoms with Crippen molar-refractivity contribution in [2.45, 2.75) is 51.1 Å². The molecule has 80 valence electrons. The topological polar surface area (TPSA) is 41.1 Å². The summed E-state index contributed by atoms with van der Waals surface area (Å²) in [4.78, 5) is 11.0. The molecule has 2 fully saturated rings. The summed E-state index contributed by atoms with van der Waals surface area (Å²) >= 11 is 0. The molecule has 2 rings (SSSR count). The molecule has 0 aromatic carbocycles. The van der Waals surface area contributed by atoms with Crippen molar-refractivity contribution in [3.63, 3.8) is 0 Å². The Morgan fingerprint density at radius 2 is 2.14 bits per heavy atom. The standard InChI is InChI=1S/C11H20N2O/c1-8(9-4-2-3-5-9)13-10-6-11(14)12-7-10/h8-10,13H,2-7H2,1H3,(H,12,14). The highest BCUT2D eigenvalue weighted by Gasteiger charge is 2.27. The Bertz CT molecular complexity index is 211. The molecule has 2 unspecified atom stereocenters.